The first-order chi connectivity index (χ1) is 11.8. The van der Waals surface area contributed by atoms with Crippen molar-refractivity contribution in [2.75, 3.05) is 11.5 Å². The molecule has 0 radical (unpaired) electrons. The molecule has 25 heavy (non-hydrogen) atoms. The van der Waals surface area contributed by atoms with Gasteiger partial charge in [-0.15, -0.1) is 0 Å². The maximum atomic E-state index is 13.1. The van der Waals surface area contributed by atoms with Crippen molar-refractivity contribution in [1.29, 1.82) is 0 Å². The molecule has 1 spiro atoms. The Morgan fingerprint density at radius 2 is 1.88 bits per heavy atom. The highest BCUT2D eigenvalue weighted by Gasteiger charge is 2.56. The van der Waals surface area contributed by atoms with E-state index in [1.807, 2.05) is 32.9 Å². The molecule has 0 aliphatic carbocycles. The van der Waals surface area contributed by atoms with Crippen molar-refractivity contribution in [3.05, 3.63) is 28.8 Å². The molecular formula is C18H21N3O4. The molecule has 2 heterocycles. The molecular weight excluding hydrogens is 322 g/mol. The quantitative estimate of drug-likeness (QED) is 0.664. The molecule has 1 saturated heterocycles. The summed E-state index contributed by atoms with van der Waals surface area (Å²) in [6, 6.07) is 3.88. The lowest BCUT2D eigenvalue weighted by atomic mass is 9.92. The highest BCUT2D eigenvalue weighted by Crippen LogP contribution is 2.37. The Hall–Kier alpha value is -2.70. The zero-order chi connectivity index (χ0) is 18.4. The van der Waals surface area contributed by atoms with Crippen LogP contribution in [0.15, 0.2) is 17.2 Å². The molecule has 0 bridgehead atoms. The average molecular weight is 343 g/mol. The summed E-state index contributed by atoms with van der Waals surface area (Å²) >= 11 is 0. The molecule has 2 aliphatic heterocycles. The summed E-state index contributed by atoms with van der Waals surface area (Å²) in [5.74, 6) is -1.24. The van der Waals surface area contributed by atoms with Crippen LogP contribution in [0.3, 0.4) is 0 Å². The Labute approximate surface area is 146 Å². The molecule has 0 unspecified atom stereocenters. The molecule has 2 amide bonds. The minimum Gasteiger partial charge on any atom is -0.461 e. The van der Waals surface area contributed by atoms with Crippen molar-refractivity contribution in [3.8, 4) is 0 Å². The minimum absolute atomic E-state index is 0.0367. The Kier molecular flexibility index (Phi) is 4.10. The Balaban J connectivity index is 1.92. The number of amides is 2. The number of aryl methyl sites for hydroxylation is 3. The standard InChI is InChI=1S/C18H21N3O4/c1-5-25-16(23)13-8-18(20-19-13)9-14(22)21(17(18)24)15-11(3)6-10(2)7-12(15)4/h6-7,20H,5,8-9H2,1-4H3/t18-/m0/s1. The van der Waals surface area contributed by atoms with Gasteiger partial charge >= 0.3 is 5.97 Å². The van der Waals surface area contributed by atoms with E-state index >= 15 is 0 Å². The van der Waals surface area contributed by atoms with E-state index in [-0.39, 0.29) is 37.0 Å². The Morgan fingerprint density at radius 1 is 1.24 bits per heavy atom. The molecule has 1 aromatic carbocycles. The third-order valence-electron chi connectivity index (χ3n) is 4.56. The molecule has 132 valence electrons. The Bertz CT molecular complexity index is 792. The summed E-state index contributed by atoms with van der Waals surface area (Å²) in [6.45, 7) is 7.65. The number of hydrazone groups is 1. The van der Waals surface area contributed by atoms with Crippen molar-refractivity contribution in [3.63, 3.8) is 0 Å². The van der Waals surface area contributed by atoms with Gasteiger partial charge in [0.25, 0.3) is 5.91 Å². The van der Waals surface area contributed by atoms with Crippen LogP contribution >= 0.6 is 0 Å². The van der Waals surface area contributed by atoms with Gasteiger partial charge in [-0.1, -0.05) is 17.7 Å². The van der Waals surface area contributed by atoms with Crippen molar-refractivity contribution in [2.45, 2.75) is 46.1 Å². The molecule has 1 atom stereocenters. The third-order valence-corrected chi connectivity index (χ3v) is 4.56. The van der Waals surface area contributed by atoms with E-state index in [1.165, 1.54) is 4.90 Å². The van der Waals surface area contributed by atoms with Crippen LogP contribution in [0.2, 0.25) is 0 Å². The van der Waals surface area contributed by atoms with Crippen LogP contribution in [0.4, 0.5) is 5.69 Å². The maximum absolute atomic E-state index is 13.1. The number of benzene rings is 1. The van der Waals surface area contributed by atoms with E-state index in [9.17, 15) is 14.4 Å². The number of ether oxygens (including phenoxy) is 1. The monoisotopic (exact) mass is 343 g/mol. The fraction of sp³-hybridized carbons (Fsp3) is 0.444. The van der Waals surface area contributed by atoms with Crippen molar-refractivity contribution < 1.29 is 19.1 Å². The summed E-state index contributed by atoms with van der Waals surface area (Å²) in [4.78, 5) is 38.8. The fourth-order valence-corrected chi connectivity index (χ4v) is 3.59. The molecule has 1 aromatic rings. The van der Waals surface area contributed by atoms with Gasteiger partial charge in [-0.25, -0.2) is 9.69 Å². The lowest BCUT2D eigenvalue weighted by Gasteiger charge is -2.23. The van der Waals surface area contributed by atoms with E-state index in [4.69, 9.17) is 4.74 Å². The molecule has 0 saturated carbocycles. The average Bonchev–Trinajstić information content (AvgIpc) is 3.04. The predicted octanol–water partition coefficient (Wildman–Crippen LogP) is 1.53. The van der Waals surface area contributed by atoms with Crippen molar-refractivity contribution in [2.24, 2.45) is 5.10 Å². The first-order valence-corrected chi connectivity index (χ1v) is 8.25. The van der Waals surface area contributed by atoms with E-state index in [0.29, 0.717) is 5.69 Å². The SMILES string of the molecule is CCOC(=O)C1=NN[C@]2(CC(=O)N(c3c(C)cc(C)cc3C)C2=O)C1. The van der Waals surface area contributed by atoms with E-state index in [2.05, 4.69) is 10.5 Å². The lowest BCUT2D eigenvalue weighted by molar-refractivity contribution is -0.135. The van der Waals surface area contributed by atoms with E-state index in [1.54, 1.807) is 6.92 Å². The normalized spacial score (nSPS) is 22.4. The zero-order valence-corrected chi connectivity index (χ0v) is 14.8. The first-order valence-electron chi connectivity index (χ1n) is 8.25. The van der Waals surface area contributed by atoms with Gasteiger partial charge in [0, 0.05) is 6.42 Å². The fourth-order valence-electron chi connectivity index (χ4n) is 3.59. The number of carbonyl (C=O) groups excluding carboxylic acids is 3. The van der Waals surface area contributed by atoms with E-state index < -0.39 is 11.5 Å². The van der Waals surface area contributed by atoms with Crippen molar-refractivity contribution in [1.82, 2.24) is 5.43 Å². The number of hydrogen-bond donors (Lipinski definition) is 1. The summed E-state index contributed by atoms with van der Waals surface area (Å²) < 4.78 is 4.93. The van der Waals surface area contributed by atoms with E-state index in [0.717, 1.165) is 16.7 Å². The number of imide groups is 1. The summed E-state index contributed by atoms with van der Waals surface area (Å²) in [5.41, 5.74) is 5.08. The maximum Gasteiger partial charge on any atom is 0.354 e. The summed E-state index contributed by atoms with van der Waals surface area (Å²) in [6.07, 6.45) is 0.0157. The van der Waals surface area contributed by atoms with Crippen LogP contribution < -0.4 is 10.3 Å². The number of esters is 1. The largest absolute Gasteiger partial charge is 0.461 e. The van der Waals surface area contributed by atoms with Crippen LogP contribution in [-0.4, -0.2) is 35.6 Å². The van der Waals surface area contributed by atoms with Gasteiger partial charge in [0.1, 0.15) is 11.3 Å². The molecule has 7 nitrogen and oxygen atoms in total. The first kappa shape index (κ1) is 17.1. The second-order valence-electron chi connectivity index (χ2n) is 6.61. The summed E-state index contributed by atoms with van der Waals surface area (Å²) in [5, 5.41) is 3.95. The number of hydrogen-bond acceptors (Lipinski definition) is 6. The minimum atomic E-state index is -1.19. The number of anilines is 1. The highest BCUT2D eigenvalue weighted by molar-refractivity contribution is 6.39. The lowest BCUT2D eigenvalue weighted by Crippen LogP contribution is -2.48. The summed E-state index contributed by atoms with van der Waals surface area (Å²) in [7, 11) is 0. The smallest absolute Gasteiger partial charge is 0.354 e. The molecule has 0 aromatic heterocycles. The van der Waals surface area contributed by atoms with Crippen LogP contribution in [0.5, 0.6) is 0 Å². The van der Waals surface area contributed by atoms with Gasteiger partial charge in [0.05, 0.1) is 18.7 Å². The van der Waals surface area contributed by atoms with Gasteiger partial charge in [0.2, 0.25) is 5.91 Å². The predicted molar refractivity (Wildman–Crippen MR) is 92.3 cm³/mol. The second-order valence-corrected chi connectivity index (χ2v) is 6.61. The number of carbonyl (C=O) groups is 3. The molecule has 3 rings (SSSR count). The highest BCUT2D eigenvalue weighted by atomic mass is 16.5. The third kappa shape index (κ3) is 2.69. The second kappa shape index (κ2) is 5.98. The van der Waals surface area contributed by atoms with Crippen LogP contribution in [-0.2, 0) is 19.1 Å². The van der Waals surface area contributed by atoms with Crippen molar-refractivity contribution >= 4 is 29.2 Å². The zero-order valence-electron chi connectivity index (χ0n) is 14.8. The molecule has 7 heteroatoms. The van der Waals surface area contributed by atoms with Crippen LogP contribution in [0.25, 0.3) is 0 Å². The molecule has 1 N–H and O–H groups in total. The van der Waals surface area contributed by atoms with Gasteiger partial charge in [-0.3, -0.25) is 15.0 Å². The number of nitrogens with zero attached hydrogens (tertiary/aromatic N) is 2. The molecule has 1 fully saturated rings. The van der Waals surface area contributed by atoms with Crippen LogP contribution in [0.1, 0.15) is 36.5 Å². The Morgan fingerprint density at radius 3 is 2.48 bits per heavy atom. The topological polar surface area (TPSA) is 88.1 Å². The number of nitrogens with one attached hydrogen (secondary N) is 1. The van der Waals surface area contributed by atoms with Gasteiger partial charge in [-0.05, 0) is 38.8 Å². The number of rotatable bonds is 3. The van der Waals surface area contributed by atoms with Gasteiger partial charge in [-0.2, -0.15) is 5.10 Å². The van der Waals surface area contributed by atoms with Crippen LogP contribution in [0, 0.1) is 20.8 Å². The van der Waals surface area contributed by atoms with Gasteiger partial charge < -0.3 is 4.74 Å². The molecule has 2 aliphatic rings. The van der Waals surface area contributed by atoms with Gasteiger partial charge in [0.15, 0.2) is 0 Å².